The average Bonchev–Trinajstić information content (AvgIpc) is 2.99. The number of nitrogens with one attached hydrogen (secondary N) is 1. The highest BCUT2D eigenvalue weighted by atomic mass is 15.3. The van der Waals surface area contributed by atoms with Gasteiger partial charge in [-0.05, 0) is 44.5 Å². The van der Waals surface area contributed by atoms with Crippen molar-refractivity contribution in [1.29, 1.82) is 0 Å². The Labute approximate surface area is 122 Å². The molecule has 0 radical (unpaired) electrons. The fraction of sp³-hybridized carbons (Fsp3) is 0.688. The summed E-state index contributed by atoms with van der Waals surface area (Å²) in [5.74, 6) is 0. The number of piperazine rings is 1. The van der Waals surface area contributed by atoms with Crippen molar-refractivity contribution in [3.05, 3.63) is 30.1 Å². The smallest absolute Gasteiger partial charge is 0.0491 e. The van der Waals surface area contributed by atoms with E-state index in [2.05, 4.69) is 39.2 Å². The SMILES string of the molecule is CC1CN(C(CN2CCCC2)c2cccnc2)CCN1. The van der Waals surface area contributed by atoms with E-state index in [4.69, 9.17) is 0 Å². The first kappa shape index (κ1) is 14.0. The van der Waals surface area contributed by atoms with Crippen molar-refractivity contribution in [2.45, 2.75) is 31.8 Å². The fourth-order valence-corrected chi connectivity index (χ4v) is 3.46. The van der Waals surface area contributed by atoms with Crippen molar-refractivity contribution in [2.75, 3.05) is 39.3 Å². The minimum absolute atomic E-state index is 0.492. The molecule has 2 aliphatic rings. The lowest BCUT2D eigenvalue weighted by Crippen LogP contribution is -2.52. The Kier molecular flexibility index (Phi) is 4.65. The van der Waals surface area contributed by atoms with Crippen LogP contribution in [0.1, 0.15) is 31.4 Å². The minimum atomic E-state index is 0.492. The Morgan fingerprint density at radius 3 is 2.90 bits per heavy atom. The zero-order chi connectivity index (χ0) is 13.8. The van der Waals surface area contributed by atoms with Crippen molar-refractivity contribution < 1.29 is 0 Å². The van der Waals surface area contributed by atoms with Crippen LogP contribution in [0.25, 0.3) is 0 Å². The summed E-state index contributed by atoms with van der Waals surface area (Å²) < 4.78 is 0. The first-order valence-corrected chi connectivity index (χ1v) is 7.92. The van der Waals surface area contributed by atoms with Crippen LogP contribution < -0.4 is 5.32 Å². The fourth-order valence-electron chi connectivity index (χ4n) is 3.46. The maximum atomic E-state index is 4.33. The molecule has 3 rings (SSSR count). The number of rotatable bonds is 4. The molecule has 20 heavy (non-hydrogen) atoms. The number of aromatic nitrogens is 1. The molecular formula is C16H26N4. The molecule has 0 saturated carbocycles. The van der Waals surface area contributed by atoms with Gasteiger partial charge in [-0.1, -0.05) is 6.07 Å². The van der Waals surface area contributed by atoms with Gasteiger partial charge in [0.25, 0.3) is 0 Å². The lowest BCUT2D eigenvalue weighted by atomic mass is 10.0. The molecule has 2 unspecified atom stereocenters. The lowest BCUT2D eigenvalue weighted by molar-refractivity contribution is 0.117. The van der Waals surface area contributed by atoms with Crippen LogP contribution in [-0.4, -0.2) is 60.1 Å². The Morgan fingerprint density at radius 1 is 1.35 bits per heavy atom. The highest BCUT2D eigenvalue weighted by Crippen LogP contribution is 2.24. The predicted molar refractivity (Wildman–Crippen MR) is 81.7 cm³/mol. The summed E-state index contributed by atoms with van der Waals surface area (Å²) in [5, 5.41) is 3.54. The van der Waals surface area contributed by atoms with Crippen molar-refractivity contribution in [2.24, 2.45) is 0 Å². The molecule has 110 valence electrons. The second kappa shape index (κ2) is 6.66. The van der Waals surface area contributed by atoms with E-state index in [1.807, 2.05) is 12.4 Å². The number of likely N-dealkylation sites (tertiary alicyclic amines) is 1. The molecule has 2 aliphatic heterocycles. The van der Waals surface area contributed by atoms with Crippen LogP contribution in [0.2, 0.25) is 0 Å². The summed E-state index contributed by atoms with van der Waals surface area (Å²) >= 11 is 0. The van der Waals surface area contributed by atoms with Gasteiger partial charge in [-0.25, -0.2) is 0 Å². The van der Waals surface area contributed by atoms with Gasteiger partial charge in [0.1, 0.15) is 0 Å². The Hall–Kier alpha value is -0.970. The van der Waals surface area contributed by atoms with Gasteiger partial charge in [0.05, 0.1) is 0 Å². The van der Waals surface area contributed by atoms with Gasteiger partial charge in [-0.15, -0.1) is 0 Å². The molecule has 0 aromatic carbocycles. The van der Waals surface area contributed by atoms with Crippen molar-refractivity contribution >= 4 is 0 Å². The highest BCUT2D eigenvalue weighted by molar-refractivity contribution is 5.15. The lowest BCUT2D eigenvalue weighted by Gasteiger charge is -2.39. The Bertz CT molecular complexity index is 402. The molecule has 0 amide bonds. The Balaban J connectivity index is 1.75. The van der Waals surface area contributed by atoms with Crippen LogP contribution in [0, 0.1) is 0 Å². The van der Waals surface area contributed by atoms with Crippen molar-refractivity contribution in [3.63, 3.8) is 0 Å². The normalized spacial score (nSPS) is 26.8. The van der Waals surface area contributed by atoms with Crippen LogP contribution in [-0.2, 0) is 0 Å². The summed E-state index contributed by atoms with van der Waals surface area (Å²) in [7, 11) is 0. The maximum absolute atomic E-state index is 4.33. The summed E-state index contributed by atoms with van der Waals surface area (Å²) in [4.78, 5) is 9.58. The summed E-state index contributed by atoms with van der Waals surface area (Å²) in [6.07, 6.45) is 6.64. The number of pyridine rings is 1. The molecule has 0 spiro atoms. The highest BCUT2D eigenvalue weighted by Gasteiger charge is 2.27. The largest absolute Gasteiger partial charge is 0.312 e. The minimum Gasteiger partial charge on any atom is -0.312 e. The molecule has 1 aromatic heterocycles. The first-order chi connectivity index (χ1) is 9.83. The van der Waals surface area contributed by atoms with E-state index >= 15 is 0 Å². The molecule has 2 atom stereocenters. The van der Waals surface area contributed by atoms with Crippen molar-refractivity contribution in [3.8, 4) is 0 Å². The van der Waals surface area contributed by atoms with Gasteiger partial charge in [0, 0.05) is 50.7 Å². The van der Waals surface area contributed by atoms with E-state index in [-0.39, 0.29) is 0 Å². The topological polar surface area (TPSA) is 31.4 Å². The van der Waals surface area contributed by atoms with E-state index in [0.29, 0.717) is 12.1 Å². The average molecular weight is 274 g/mol. The second-order valence-corrected chi connectivity index (χ2v) is 6.16. The molecule has 0 aliphatic carbocycles. The third-order valence-corrected chi connectivity index (χ3v) is 4.54. The van der Waals surface area contributed by atoms with Gasteiger partial charge in [0.15, 0.2) is 0 Å². The molecule has 4 heteroatoms. The van der Waals surface area contributed by atoms with Gasteiger partial charge in [-0.3, -0.25) is 9.88 Å². The number of hydrogen-bond donors (Lipinski definition) is 1. The molecule has 2 saturated heterocycles. The molecule has 2 fully saturated rings. The monoisotopic (exact) mass is 274 g/mol. The van der Waals surface area contributed by atoms with Gasteiger partial charge in [0.2, 0.25) is 0 Å². The first-order valence-electron chi connectivity index (χ1n) is 7.92. The standard InChI is InChI=1S/C16H26N4/c1-14-12-20(10-7-18-14)16(13-19-8-2-3-9-19)15-5-4-6-17-11-15/h4-6,11,14,16,18H,2-3,7-10,12-13H2,1H3. The zero-order valence-electron chi connectivity index (χ0n) is 12.5. The zero-order valence-corrected chi connectivity index (χ0v) is 12.5. The van der Waals surface area contributed by atoms with E-state index < -0.39 is 0 Å². The van der Waals surface area contributed by atoms with E-state index in [9.17, 15) is 0 Å². The van der Waals surface area contributed by atoms with Gasteiger partial charge in [-0.2, -0.15) is 0 Å². The second-order valence-electron chi connectivity index (χ2n) is 6.16. The van der Waals surface area contributed by atoms with E-state index in [1.165, 1.54) is 31.5 Å². The third kappa shape index (κ3) is 3.37. The summed E-state index contributed by atoms with van der Waals surface area (Å²) in [6.45, 7) is 9.32. The molecule has 1 aromatic rings. The van der Waals surface area contributed by atoms with Crippen LogP contribution in [0.3, 0.4) is 0 Å². The van der Waals surface area contributed by atoms with Crippen LogP contribution in [0.5, 0.6) is 0 Å². The van der Waals surface area contributed by atoms with Crippen LogP contribution in [0.4, 0.5) is 0 Å². The molecule has 4 nitrogen and oxygen atoms in total. The molecule has 1 N–H and O–H groups in total. The number of nitrogens with zero attached hydrogens (tertiary/aromatic N) is 3. The third-order valence-electron chi connectivity index (χ3n) is 4.54. The molecular weight excluding hydrogens is 248 g/mol. The Morgan fingerprint density at radius 2 is 2.20 bits per heavy atom. The van der Waals surface area contributed by atoms with E-state index in [1.54, 1.807) is 0 Å². The van der Waals surface area contributed by atoms with E-state index in [0.717, 1.165) is 26.2 Å². The predicted octanol–water partition coefficient (Wildman–Crippen LogP) is 1.51. The van der Waals surface area contributed by atoms with Crippen LogP contribution >= 0.6 is 0 Å². The summed E-state index contributed by atoms with van der Waals surface area (Å²) in [6, 6.07) is 5.38. The van der Waals surface area contributed by atoms with Gasteiger partial charge >= 0.3 is 0 Å². The molecule has 3 heterocycles. The summed E-state index contributed by atoms with van der Waals surface area (Å²) in [5.41, 5.74) is 1.37. The quantitative estimate of drug-likeness (QED) is 0.902. The maximum Gasteiger partial charge on any atom is 0.0491 e. The van der Waals surface area contributed by atoms with Crippen LogP contribution in [0.15, 0.2) is 24.5 Å². The number of hydrogen-bond acceptors (Lipinski definition) is 4. The van der Waals surface area contributed by atoms with Crippen molar-refractivity contribution in [1.82, 2.24) is 20.1 Å². The molecule has 0 bridgehead atoms. The van der Waals surface area contributed by atoms with Gasteiger partial charge < -0.3 is 10.2 Å².